The highest BCUT2D eigenvalue weighted by molar-refractivity contribution is 5.85. The van der Waals surface area contributed by atoms with Gasteiger partial charge in [0.15, 0.2) is 0 Å². The summed E-state index contributed by atoms with van der Waals surface area (Å²) < 4.78 is 2.12. The van der Waals surface area contributed by atoms with E-state index in [2.05, 4.69) is 28.6 Å². The Morgan fingerprint density at radius 3 is 3.00 bits per heavy atom. The molecule has 0 aliphatic heterocycles. The van der Waals surface area contributed by atoms with Gasteiger partial charge in [0.25, 0.3) is 0 Å². The maximum absolute atomic E-state index is 8.84. The van der Waals surface area contributed by atoms with Crippen molar-refractivity contribution in [3.05, 3.63) is 18.7 Å². The van der Waals surface area contributed by atoms with Crippen LogP contribution in [-0.4, -0.2) is 20.5 Å². The Hall–Kier alpha value is -1.32. The second-order valence-corrected chi connectivity index (χ2v) is 4.88. The molecule has 15 heavy (non-hydrogen) atoms. The lowest BCUT2D eigenvalue weighted by atomic mass is 9.72. The molecular formula is C11H17N3O. The van der Waals surface area contributed by atoms with Gasteiger partial charge in [-0.25, -0.2) is 4.98 Å². The highest BCUT2D eigenvalue weighted by atomic mass is 16.4. The minimum Gasteiger partial charge on any atom is -0.411 e. The minimum absolute atomic E-state index is 0.231. The number of nitrogens with zero attached hydrogens (tertiary/aromatic N) is 3. The molecule has 1 aromatic heterocycles. The lowest BCUT2D eigenvalue weighted by Crippen LogP contribution is -2.33. The van der Waals surface area contributed by atoms with E-state index in [1.54, 1.807) is 6.20 Å². The summed E-state index contributed by atoms with van der Waals surface area (Å²) in [5, 5.41) is 12.2. The summed E-state index contributed by atoms with van der Waals surface area (Å²) in [5.74, 6) is 0. The summed E-state index contributed by atoms with van der Waals surface area (Å²) in [6, 6.07) is 0.347. The Kier molecular flexibility index (Phi) is 2.50. The summed E-state index contributed by atoms with van der Waals surface area (Å²) in [6.45, 7) is 4.51. The molecule has 1 atom stereocenters. The van der Waals surface area contributed by atoms with E-state index in [1.807, 2.05) is 12.5 Å². The molecule has 1 aliphatic rings. The van der Waals surface area contributed by atoms with Crippen LogP contribution >= 0.6 is 0 Å². The molecule has 1 aromatic rings. The van der Waals surface area contributed by atoms with E-state index in [4.69, 9.17) is 5.21 Å². The van der Waals surface area contributed by atoms with Gasteiger partial charge in [-0.3, -0.25) is 0 Å². The topological polar surface area (TPSA) is 50.4 Å². The molecule has 0 amide bonds. The van der Waals surface area contributed by atoms with Gasteiger partial charge in [-0.15, -0.1) is 0 Å². The lowest BCUT2D eigenvalue weighted by molar-refractivity contribution is 0.186. The summed E-state index contributed by atoms with van der Waals surface area (Å²) in [5.41, 5.74) is 1.13. The van der Waals surface area contributed by atoms with E-state index in [1.165, 1.54) is 0 Å². The van der Waals surface area contributed by atoms with Gasteiger partial charge in [-0.1, -0.05) is 19.0 Å². The summed E-state index contributed by atoms with van der Waals surface area (Å²) >= 11 is 0. The van der Waals surface area contributed by atoms with E-state index in [-0.39, 0.29) is 5.41 Å². The number of aromatic nitrogens is 2. The second kappa shape index (κ2) is 3.68. The zero-order chi connectivity index (χ0) is 10.9. The number of hydrogen-bond acceptors (Lipinski definition) is 3. The highest BCUT2D eigenvalue weighted by Gasteiger charge is 2.35. The summed E-state index contributed by atoms with van der Waals surface area (Å²) in [7, 11) is 0. The van der Waals surface area contributed by atoms with Crippen LogP contribution in [-0.2, 0) is 0 Å². The van der Waals surface area contributed by atoms with Crippen LogP contribution in [0.2, 0.25) is 0 Å². The fourth-order valence-corrected chi connectivity index (χ4v) is 2.29. The molecule has 0 radical (unpaired) electrons. The average molecular weight is 207 g/mol. The molecule has 1 saturated carbocycles. The largest absolute Gasteiger partial charge is 0.411 e. The van der Waals surface area contributed by atoms with E-state index >= 15 is 0 Å². The Balaban J connectivity index is 2.26. The maximum Gasteiger partial charge on any atom is 0.0948 e. The molecule has 1 heterocycles. The molecule has 1 N–H and O–H groups in total. The SMILES string of the molecule is CC1(C)CCC(=NO)CC1n1ccnc1. The van der Waals surface area contributed by atoms with Crippen LogP contribution in [0.4, 0.5) is 0 Å². The van der Waals surface area contributed by atoms with Crippen LogP contribution in [0, 0.1) is 5.41 Å². The Morgan fingerprint density at radius 2 is 2.40 bits per heavy atom. The molecule has 1 unspecified atom stereocenters. The number of hydrogen-bond donors (Lipinski definition) is 1. The van der Waals surface area contributed by atoms with Crippen molar-refractivity contribution >= 4 is 5.71 Å². The highest BCUT2D eigenvalue weighted by Crippen LogP contribution is 2.42. The molecule has 1 fully saturated rings. The Bertz CT molecular complexity index is 354. The second-order valence-electron chi connectivity index (χ2n) is 4.88. The van der Waals surface area contributed by atoms with E-state index < -0.39 is 0 Å². The fraction of sp³-hybridized carbons (Fsp3) is 0.636. The minimum atomic E-state index is 0.231. The van der Waals surface area contributed by atoms with Crippen molar-refractivity contribution < 1.29 is 5.21 Å². The predicted octanol–water partition coefficient (Wildman–Crippen LogP) is 2.46. The van der Waals surface area contributed by atoms with Crippen molar-refractivity contribution in [2.45, 2.75) is 39.2 Å². The Morgan fingerprint density at radius 1 is 1.60 bits per heavy atom. The van der Waals surface area contributed by atoms with Gasteiger partial charge in [-0.05, 0) is 18.3 Å². The van der Waals surface area contributed by atoms with E-state index in [0.717, 1.165) is 25.0 Å². The molecule has 0 aromatic carbocycles. The third-order valence-corrected chi connectivity index (χ3v) is 3.42. The van der Waals surface area contributed by atoms with Gasteiger partial charge in [0.2, 0.25) is 0 Å². The van der Waals surface area contributed by atoms with Crippen LogP contribution in [0.1, 0.15) is 39.2 Å². The van der Waals surface area contributed by atoms with Crippen molar-refractivity contribution in [3.63, 3.8) is 0 Å². The molecule has 4 heteroatoms. The first kappa shape index (κ1) is 10.2. The molecule has 0 bridgehead atoms. The Labute approximate surface area is 89.6 Å². The van der Waals surface area contributed by atoms with Gasteiger partial charge in [0.1, 0.15) is 0 Å². The normalized spacial score (nSPS) is 28.1. The van der Waals surface area contributed by atoms with Gasteiger partial charge in [-0.2, -0.15) is 0 Å². The average Bonchev–Trinajstić information content (AvgIpc) is 2.70. The summed E-state index contributed by atoms with van der Waals surface area (Å²) in [4.78, 5) is 4.07. The first-order valence-electron chi connectivity index (χ1n) is 5.31. The quantitative estimate of drug-likeness (QED) is 0.568. The lowest BCUT2D eigenvalue weighted by Gasteiger charge is -2.39. The van der Waals surface area contributed by atoms with Crippen molar-refractivity contribution in [1.29, 1.82) is 0 Å². The monoisotopic (exact) mass is 207 g/mol. The van der Waals surface area contributed by atoms with Crippen LogP contribution in [0.5, 0.6) is 0 Å². The van der Waals surface area contributed by atoms with E-state index in [9.17, 15) is 0 Å². The smallest absolute Gasteiger partial charge is 0.0948 e. The number of oxime groups is 1. The van der Waals surface area contributed by atoms with Gasteiger partial charge in [0.05, 0.1) is 12.0 Å². The van der Waals surface area contributed by atoms with Crippen molar-refractivity contribution in [2.75, 3.05) is 0 Å². The molecule has 1 aliphatic carbocycles. The van der Waals surface area contributed by atoms with Gasteiger partial charge < -0.3 is 9.77 Å². The fourth-order valence-electron chi connectivity index (χ4n) is 2.29. The molecule has 4 nitrogen and oxygen atoms in total. The van der Waals surface area contributed by atoms with Crippen molar-refractivity contribution in [1.82, 2.24) is 9.55 Å². The number of imidazole rings is 1. The van der Waals surface area contributed by atoms with Crippen LogP contribution in [0.25, 0.3) is 0 Å². The molecule has 0 spiro atoms. The number of rotatable bonds is 1. The van der Waals surface area contributed by atoms with Crippen LogP contribution in [0.3, 0.4) is 0 Å². The van der Waals surface area contributed by atoms with Crippen LogP contribution in [0.15, 0.2) is 23.9 Å². The van der Waals surface area contributed by atoms with Gasteiger partial charge >= 0.3 is 0 Å². The molecular weight excluding hydrogens is 190 g/mol. The summed E-state index contributed by atoms with van der Waals surface area (Å²) in [6.07, 6.45) is 8.38. The standard InChI is InChI=1S/C11H17N3O/c1-11(2)4-3-9(13-15)7-10(11)14-6-5-12-8-14/h5-6,8,10,15H,3-4,7H2,1-2H3. The molecule has 0 saturated heterocycles. The van der Waals surface area contributed by atoms with E-state index in [0.29, 0.717) is 6.04 Å². The van der Waals surface area contributed by atoms with Crippen molar-refractivity contribution in [2.24, 2.45) is 10.6 Å². The van der Waals surface area contributed by atoms with Crippen molar-refractivity contribution in [3.8, 4) is 0 Å². The zero-order valence-corrected chi connectivity index (χ0v) is 9.22. The molecule has 82 valence electrons. The van der Waals surface area contributed by atoms with Gasteiger partial charge in [0, 0.05) is 24.9 Å². The van der Waals surface area contributed by atoms with Crippen LogP contribution < -0.4 is 0 Å². The third kappa shape index (κ3) is 1.89. The third-order valence-electron chi connectivity index (χ3n) is 3.42. The maximum atomic E-state index is 8.84. The first-order chi connectivity index (χ1) is 7.13. The molecule has 2 rings (SSSR count). The predicted molar refractivity (Wildman–Crippen MR) is 58.1 cm³/mol. The first-order valence-corrected chi connectivity index (χ1v) is 5.31. The zero-order valence-electron chi connectivity index (χ0n) is 9.22.